The average Bonchev–Trinajstić information content (AvgIpc) is 2.48. The topological polar surface area (TPSA) is 38.7 Å². The summed E-state index contributed by atoms with van der Waals surface area (Å²) >= 11 is 7.25. The van der Waals surface area contributed by atoms with Gasteiger partial charge in [0, 0.05) is 5.56 Å². The molecule has 0 saturated heterocycles. The lowest BCUT2D eigenvalue weighted by Gasteiger charge is -1.98. The van der Waals surface area contributed by atoms with Crippen molar-refractivity contribution < 1.29 is 0 Å². The molecule has 3 nitrogen and oxygen atoms in total. The summed E-state index contributed by atoms with van der Waals surface area (Å²) in [6.45, 7) is 3.81. The second-order valence-corrected chi connectivity index (χ2v) is 3.68. The molecule has 0 N–H and O–H groups in total. The van der Waals surface area contributed by atoms with Gasteiger partial charge in [0.25, 0.3) is 0 Å². The van der Waals surface area contributed by atoms with Gasteiger partial charge in [-0.3, -0.25) is 0 Å². The highest BCUT2D eigenvalue weighted by atomic mass is 35.5. The van der Waals surface area contributed by atoms with Gasteiger partial charge in [-0.25, -0.2) is 4.98 Å². The maximum absolute atomic E-state index is 5.89. The van der Waals surface area contributed by atoms with Crippen LogP contribution in [0.1, 0.15) is 11.3 Å². The minimum absolute atomic E-state index is 0.547. The van der Waals surface area contributed by atoms with Crippen molar-refractivity contribution in [2.24, 2.45) is 0 Å². The molecule has 0 saturated carbocycles. The molecule has 0 bridgehead atoms. The predicted octanol–water partition coefficient (Wildman–Crippen LogP) is 2.36. The number of fused-ring (bicyclic) bond motifs is 1. The molecule has 0 aromatic carbocycles. The Morgan fingerprint density at radius 1 is 1.33 bits per heavy atom. The normalized spacial score (nSPS) is 10.9. The number of hydrogen-bond acceptors (Lipinski definition) is 4. The summed E-state index contributed by atoms with van der Waals surface area (Å²) in [6.07, 6.45) is 0. The first-order chi connectivity index (χ1) is 5.70. The quantitative estimate of drug-likeness (QED) is 0.612. The zero-order chi connectivity index (χ0) is 8.72. The number of pyridine rings is 1. The van der Waals surface area contributed by atoms with Crippen molar-refractivity contribution in [1.29, 1.82) is 0 Å². The Labute approximate surface area is 78.6 Å². The first-order valence-electron chi connectivity index (χ1n) is 3.45. The van der Waals surface area contributed by atoms with Gasteiger partial charge in [0.2, 0.25) is 0 Å². The number of halogens is 1. The molecule has 0 spiro atoms. The second-order valence-electron chi connectivity index (χ2n) is 2.56. The molecular formula is C7H6ClN3S. The molecule has 0 unspecified atom stereocenters. The molecule has 2 aromatic heterocycles. The molecule has 12 heavy (non-hydrogen) atoms. The number of hydrogen-bond donors (Lipinski definition) is 0. The van der Waals surface area contributed by atoms with Crippen LogP contribution in [0.2, 0.25) is 5.15 Å². The van der Waals surface area contributed by atoms with Crippen LogP contribution in [0.5, 0.6) is 0 Å². The van der Waals surface area contributed by atoms with Gasteiger partial charge in [-0.2, -0.15) is 0 Å². The van der Waals surface area contributed by atoms with Crippen LogP contribution in [0.25, 0.3) is 10.2 Å². The number of rotatable bonds is 0. The molecule has 0 amide bonds. The molecule has 5 heteroatoms. The van der Waals surface area contributed by atoms with Crippen LogP contribution < -0.4 is 0 Å². The van der Waals surface area contributed by atoms with Crippen molar-refractivity contribution >= 4 is 33.4 Å². The van der Waals surface area contributed by atoms with Crippen molar-refractivity contribution in [3.63, 3.8) is 0 Å². The van der Waals surface area contributed by atoms with E-state index >= 15 is 0 Å². The Kier molecular flexibility index (Phi) is 1.73. The molecule has 0 fully saturated rings. The molecule has 0 aliphatic carbocycles. The summed E-state index contributed by atoms with van der Waals surface area (Å²) in [5.74, 6) is 0. The standard InChI is InChI=1S/C7H6ClN3S/c1-3-6-5(10-11-12-6)4(2)9-7(3)8/h1-2H3. The first-order valence-corrected chi connectivity index (χ1v) is 4.60. The van der Waals surface area contributed by atoms with E-state index in [0.29, 0.717) is 5.15 Å². The number of aromatic nitrogens is 3. The largest absolute Gasteiger partial charge is 0.239 e. The molecule has 0 aliphatic rings. The summed E-state index contributed by atoms with van der Waals surface area (Å²) in [6, 6.07) is 0. The van der Waals surface area contributed by atoms with Gasteiger partial charge in [0.05, 0.1) is 10.4 Å². The molecule has 0 radical (unpaired) electrons. The maximum atomic E-state index is 5.89. The van der Waals surface area contributed by atoms with E-state index in [4.69, 9.17) is 11.6 Å². The Morgan fingerprint density at radius 2 is 2.08 bits per heavy atom. The fourth-order valence-electron chi connectivity index (χ4n) is 1.05. The number of aryl methyl sites for hydroxylation is 2. The molecule has 0 atom stereocenters. The fourth-order valence-corrected chi connectivity index (χ4v) is 2.04. The lowest BCUT2D eigenvalue weighted by atomic mass is 10.2. The summed E-state index contributed by atoms with van der Waals surface area (Å²) < 4.78 is 4.89. The monoisotopic (exact) mass is 199 g/mol. The van der Waals surface area contributed by atoms with Gasteiger partial charge in [-0.05, 0) is 25.4 Å². The van der Waals surface area contributed by atoms with E-state index in [-0.39, 0.29) is 0 Å². The van der Waals surface area contributed by atoms with Crippen LogP contribution in [0.3, 0.4) is 0 Å². The molecule has 2 rings (SSSR count). The van der Waals surface area contributed by atoms with Gasteiger partial charge in [-0.1, -0.05) is 16.1 Å². The summed E-state index contributed by atoms with van der Waals surface area (Å²) in [5.41, 5.74) is 2.67. The van der Waals surface area contributed by atoms with Gasteiger partial charge in [0.15, 0.2) is 0 Å². The van der Waals surface area contributed by atoms with E-state index in [1.807, 2.05) is 13.8 Å². The highest BCUT2D eigenvalue weighted by molar-refractivity contribution is 7.13. The molecule has 2 aromatic rings. The fraction of sp³-hybridized carbons (Fsp3) is 0.286. The Morgan fingerprint density at radius 3 is 2.83 bits per heavy atom. The lowest BCUT2D eigenvalue weighted by Crippen LogP contribution is -1.87. The van der Waals surface area contributed by atoms with Crippen molar-refractivity contribution in [2.75, 3.05) is 0 Å². The van der Waals surface area contributed by atoms with Crippen molar-refractivity contribution in [3.05, 3.63) is 16.4 Å². The van der Waals surface area contributed by atoms with E-state index in [2.05, 4.69) is 14.6 Å². The van der Waals surface area contributed by atoms with Gasteiger partial charge in [0.1, 0.15) is 10.7 Å². The SMILES string of the molecule is Cc1nc(Cl)c(C)c2snnc12. The Hall–Kier alpha value is -0.740. The lowest BCUT2D eigenvalue weighted by molar-refractivity contribution is 1.14. The maximum Gasteiger partial charge on any atom is 0.133 e. The predicted molar refractivity (Wildman–Crippen MR) is 49.7 cm³/mol. The zero-order valence-electron chi connectivity index (χ0n) is 6.63. The van der Waals surface area contributed by atoms with Crippen LogP contribution >= 0.6 is 23.1 Å². The van der Waals surface area contributed by atoms with E-state index in [9.17, 15) is 0 Å². The van der Waals surface area contributed by atoms with Crippen LogP contribution in [0, 0.1) is 13.8 Å². The third kappa shape index (κ3) is 0.990. The third-order valence-electron chi connectivity index (χ3n) is 1.75. The Balaban J connectivity index is 2.97. The highest BCUT2D eigenvalue weighted by Gasteiger charge is 2.09. The van der Waals surface area contributed by atoms with E-state index < -0.39 is 0 Å². The first kappa shape index (κ1) is 7.89. The number of nitrogens with zero attached hydrogens (tertiary/aromatic N) is 3. The molecule has 62 valence electrons. The third-order valence-corrected chi connectivity index (χ3v) is 2.96. The van der Waals surface area contributed by atoms with E-state index in [1.165, 1.54) is 11.5 Å². The van der Waals surface area contributed by atoms with Crippen LogP contribution in [0.4, 0.5) is 0 Å². The van der Waals surface area contributed by atoms with Gasteiger partial charge in [-0.15, -0.1) is 5.10 Å². The van der Waals surface area contributed by atoms with Crippen molar-refractivity contribution in [2.45, 2.75) is 13.8 Å². The van der Waals surface area contributed by atoms with Crippen LogP contribution in [-0.4, -0.2) is 14.6 Å². The van der Waals surface area contributed by atoms with E-state index in [1.54, 1.807) is 0 Å². The van der Waals surface area contributed by atoms with E-state index in [0.717, 1.165) is 21.5 Å². The summed E-state index contributed by atoms with van der Waals surface area (Å²) in [7, 11) is 0. The minimum atomic E-state index is 0.547. The second kappa shape index (κ2) is 2.64. The summed E-state index contributed by atoms with van der Waals surface area (Å²) in [5, 5.41) is 4.51. The minimum Gasteiger partial charge on any atom is -0.239 e. The van der Waals surface area contributed by atoms with Gasteiger partial charge >= 0.3 is 0 Å². The average molecular weight is 200 g/mol. The molecule has 0 aliphatic heterocycles. The Bertz CT molecular complexity index is 437. The summed E-state index contributed by atoms with van der Waals surface area (Å²) in [4.78, 5) is 4.14. The molecular weight excluding hydrogens is 194 g/mol. The smallest absolute Gasteiger partial charge is 0.133 e. The zero-order valence-corrected chi connectivity index (χ0v) is 8.20. The van der Waals surface area contributed by atoms with Crippen molar-refractivity contribution in [3.8, 4) is 0 Å². The molecule has 2 heterocycles. The van der Waals surface area contributed by atoms with Crippen molar-refractivity contribution in [1.82, 2.24) is 14.6 Å². The van der Waals surface area contributed by atoms with Crippen LogP contribution in [0.15, 0.2) is 0 Å². The van der Waals surface area contributed by atoms with Crippen LogP contribution in [-0.2, 0) is 0 Å². The van der Waals surface area contributed by atoms with Gasteiger partial charge < -0.3 is 0 Å². The highest BCUT2D eigenvalue weighted by Crippen LogP contribution is 2.26.